The van der Waals surface area contributed by atoms with E-state index in [0.29, 0.717) is 23.9 Å². The molecule has 6 rings (SSSR count). The highest BCUT2D eigenvalue weighted by atomic mass is 79.9. The Morgan fingerprint density at radius 3 is 2.42 bits per heavy atom. The standard InChI is InChI=1S/C36H29Br2N3O4/c1-23-7-8-24(2)41(23)28-12-14-29(15-13-28)43-22-30-16-18-35(45-30)36(42)40-39-20-32-31-6-4-3-5-25(31)10-17-34(32)44-21-26-9-11-27(37)19-33(26)38/h3-20H,21-22H2,1-2H3,(H,40,42)/b39-20+. The minimum atomic E-state index is -0.471. The third-order valence-electron chi connectivity index (χ3n) is 7.32. The van der Waals surface area contributed by atoms with Gasteiger partial charge in [0.15, 0.2) is 5.76 Å². The first-order valence-corrected chi connectivity index (χ1v) is 15.8. The lowest BCUT2D eigenvalue weighted by Gasteiger charge is -2.13. The number of aromatic nitrogens is 1. The van der Waals surface area contributed by atoms with E-state index in [9.17, 15) is 4.79 Å². The number of benzene rings is 4. The van der Waals surface area contributed by atoms with Gasteiger partial charge in [0, 0.05) is 37.1 Å². The molecule has 226 valence electrons. The number of ether oxygens (including phenoxy) is 2. The van der Waals surface area contributed by atoms with E-state index >= 15 is 0 Å². The van der Waals surface area contributed by atoms with Crippen LogP contribution in [-0.4, -0.2) is 16.7 Å². The number of nitrogens with one attached hydrogen (secondary N) is 1. The molecule has 0 aliphatic rings. The number of rotatable bonds is 10. The summed E-state index contributed by atoms with van der Waals surface area (Å²) in [5.41, 5.74) is 7.73. The number of hydrazone groups is 1. The quantitative estimate of drug-likeness (QED) is 0.113. The van der Waals surface area contributed by atoms with Crippen molar-refractivity contribution in [2.24, 2.45) is 5.10 Å². The van der Waals surface area contributed by atoms with Crippen molar-refractivity contribution in [3.63, 3.8) is 0 Å². The number of furan rings is 1. The minimum Gasteiger partial charge on any atom is -0.488 e. The van der Waals surface area contributed by atoms with Gasteiger partial charge in [-0.1, -0.05) is 68.3 Å². The van der Waals surface area contributed by atoms with Crippen molar-refractivity contribution >= 4 is 54.8 Å². The molecule has 0 saturated heterocycles. The van der Waals surface area contributed by atoms with Gasteiger partial charge in [-0.15, -0.1) is 0 Å². The van der Waals surface area contributed by atoms with Crippen molar-refractivity contribution in [2.75, 3.05) is 0 Å². The molecule has 0 aliphatic heterocycles. The average molecular weight is 727 g/mol. The SMILES string of the molecule is Cc1ccc(C)n1-c1ccc(OCc2ccc(C(=O)N/N=C/c3c(OCc4ccc(Br)cc4Br)ccc4ccccc34)o2)cc1. The van der Waals surface area contributed by atoms with Crippen LogP contribution in [0, 0.1) is 13.8 Å². The molecule has 0 fully saturated rings. The van der Waals surface area contributed by atoms with E-state index in [1.165, 1.54) is 11.4 Å². The van der Waals surface area contributed by atoms with E-state index in [2.05, 4.69) is 72.9 Å². The lowest BCUT2D eigenvalue weighted by Crippen LogP contribution is -2.17. The molecule has 0 atom stereocenters. The largest absolute Gasteiger partial charge is 0.488 e. The van der Waals surface area contributed by atoms with Gasteiger partial charge in [0.25, 0.3) is 0 Å². The smallest absolute Gasteiger partial charge is 0.307 e. The maximum atomic E-state index is 12.8. The Labute approximate surface area is 277 Å². The average Bonchev–Trinajstić information content (AvgIpc) is 3.66. The van der Waals surface area contributed by atoms with Crippen molar-refractivity contribution in [1.82, 2.24) is 9.99 Å². The van der Waals surface area contributed by atoms with Crippen LogP contribution in [0.5, 0.6) is 11.5 Å². The highest BCUT2D eigenvalue weighted by Crippen LogP contribution is 2.29. The number of amides is 1. The molecule has 0 aliphatic carbocycles. The van der Waals surface area contributed by atoms with Crippen LogP contribution in [0.25, 0.3) is 16.5 Å². The van der Waals surface area contributed by atoms with Crippen LogP contribution < -0.4 is 14.9 Å². The first-order valence-electron chi connectivity index (χ1n) is 14.2. The van der Waals surface area contributed by atoms with E-state index in [-0.39, 0.29) is 12.4 Å². The molecule has 9 heteroatoms. The van der Waals surface area contributed by atoms with Crippen LogP contribution in [0.1, 0.15) is 38.8 Å². The molecule has 0 unspecified atom stereocenters. The summed E-state index contributed by atoms with van der Waals surface area (Å²) in [5, 5.41) is 6.23. The summed E-state index contributed by atoms with van der Waals surface area (Å²) in [7, 11) is 0. The Kier molecular flexibility index (Phi) is 9.18. The summed E-state index contributed by atoms with van der Waals surface area (Å²) in [5.74, 6) is 1.53. The molecule has 2 aromatic heterocycles. The molecule has 0 bridgehead atoms. The second-order valence-corrected chi connectivity index (χ2v) is 12.2. The summed E-state index contributed by atoms with van der Waals surface area (Å²) >= 11 is 7.08. The fourth-order valence-electron chi connectivity index (χ4n) is 5.04. The zero-order valence-electron chi connectivity index (χ0n) is 24.6. The lowest BCUT2D eigenvalue weighted by atomic mass is 10.0. The normalized spacial score (nSPS) is 11.3. The van der Waals surface area contributed by atoms with Gasteiger partial charge in [-0.25, -0.2) is 5.43 Å². The summed E-state index contributed by atoms with van der Waals surface area (Å²) < 4.78 is 22.0. The molecular formula is C36H29Br2N3O4. The van der Waals surface area contributed by atoms with E-state index in [4.69, 9.17) is 13.9 Å². The van der Waals surface area contributed by atoms with Crippen molar-refractivity contribution in [3.8, 4) is 17.2 Å². The van der Waals surface area contributed by atoms with Crippen LogP contribution in [0.3, 0.4) is 0 Å². The molecule has 0 saturated carbocycles. The Morgan fingerprint density at radius 2 is 1.64 bits per heavy atom. The van der Waals surface area contributed by atoms with Gasteiger partial charge >= 0.3 is 5.91 Å². The maximum absolute atomic E-state index is 12.8. The monoisotopic (exact) mass is 725 g/mol. The van der Waals surface area contributed by atoms with Gasteiger partial charge in [0.1, 0.15) is 30.5 Å². The zero-order chi connectivity index (χ0) is 31.3. The van der Waals surface area contributed by atoms with Crippen molar-refractivity contribution in [2.45, 2.75) is 27.1 Å². The molecule has 2 heterocycles. The zero-order valence-corrected chi connectivity index (χ0v) is 27.8. The van der Waals surface area contributed by atoms with Gasteiger partial charge in [0.2, 0.25) is 0 Å². The number of hydrogen-bond acceptors (Lipinski definition) is 5. The number of nitrogens with zero attached hydrogens (tertiary/aromatic N) is 2. The summed E-state index contributed by atoms with van der Waals surface area (Å²) in [6.45, 7) is 4.69. The van der Waals surface area contributed by atoms with Crippen LogP contribution >= 0.6 is 31.9 Å². The van der Waals surface area contributed by atoms with Gasteiger partial charge in [-0.05, 0) is 91.3 Å². The molecule has 1 amide bonds. The number of carbonyl (C=O) groups is 1. The molecule has 45 heavy (non-hydrogen) atoms. The molecular weight excluding hydrogens is 698 g/mol. The highest BCUT2D eigenvalue weighted by Gasteiger charge is 2.13. The fourth-order valence-corrected chi connectivity index (χ4v) is 6.20. The van der Waals surface area contributed by atoms with E-state index in [0.717, 1.165) is 36.5 Å². The van der Waals surface area contributed by atoms with Crippen molar-refractivity contribution in [3.05, 3.63) is 146 Å². The molecule has 6 aromatic rings. The predicted molar refractivity (Wildman–Crippen MR) is 183 cm³/mol. The first-order chi connectivity index (χ1) is 21.9. The van der Waals surface area contributed by atoms with Gasteiger partial charge < -0.3 is 18.5 Å². The number of aryl methyl sites for hydroxylation is 2. The second-order valence-electron chi connectivity index (χ2n) is 10.4. The minimum absolute atomic E-state index is 0.133. The molecule has 4 aromatic carbocycles. The maximum Gasteiger partial charge on any atom is 0.307 e. The first kappa shape index (κ1) is 30.4. The topological polar surface area (TPSA) is 78.0 Å². The summed E-state index contributed by atoms with van der Waals surface area (Å²) in [6.07, 6.45) is 1.60. The van der Waals surface area contributed by atoms with E-state index in [1.54, 1.807) is 18.3 Å². The van der Waals surface area contributed by atoms with Crippen LogP contribution in [-0.2, 0) is 13.2 Å². The van der Waals surface area contributed by atoms with Crippen LogP contribution in [0.4, 0.5) is 0 Å². The molecule has 0 radical (unpaired) electrons. The lowest BCUT2D eigenvalue weighted by molar-refractivity contribution is 0.0923. The molecule has 7 nitrogen and oxygen atoms in total. The second kappa shape index (κ2) is 13.6. The van der Waals surface area contributed by atoms with Gasteiger partial charge in [0.05, 0.1) is 6.21 Å². The van der Waals surface area contributed by atoms with Crippen LogP contribution in [0.15, 0.2) is 122 Å². The Hall–Kier alpha value is -4.60. The van der Waals surface area contributed by atoms with Gasteiger partial charge in [-0.2, -0.15) is 5.10 Å². The third-order valence-corrected chi connectivity index (χ3v) is 8.55. The van der Waals surface area contributed by atoms with Crippen molar-refractivity contribution in [1.29, 1.82) is 0 Å². The van der Waals surface area contributed by atoms with E-state index in [1.807, 2.05) is 78.9 Å². The molecule has 1 N–H and O–H groups in total. The number of carbonyl (C=O) groups excluding carboxylic acids is 1. The van der Waals surface area contributed by atoms with Gasteiger partial charge in [-0.3, -0.25) is 4.79 Å². The van der Waals surface area contributed by atoms with Crippen molar-refractivity contribution < 1.29 is 18.7 Å². The Morgan fingerprint density at radius 1 is 0.867 bits per heavy atom. The number of hydrogen-bond donors (Lipinski definition) is 1. The number of halogens is 2. The third kappa shape index (κ3) is 7.05. The summed E-state index contributed by atoms with van der Waals surface area (Å²) in [4.78, 5) is 12.8. The Bertz CT molecular complexity index is 1990. The van der Waals surface area contributed by atoms with E-state index < -0.39 is 5.91 Å². The number of fused-ring (bicyclic) bond motifs is 1. The predicted octanol–water partition coefficient (Wildman–Crippen LogP) is 9.29. The van der Waals surface area contributed by atoms with Crippen LogP contribution in [0.2, 0.25) is 0 Å². The highest BCUT2D eigenvalue weighted by molar-refractivity contribution is 9.11. The summed E-state index contributed by atoms with van der Waals surface area (Å²) in [6, 6.07) is 33.2. The molecule has 0 spiro atoms. The Balaban J connectivity index is 1.10. The fraction of sp³-hybridized carbons (Fsp3) is 0.111.